The molecule has 0 fully saturated rings. The molecule has 0 aliphatic rings. The van der Waals surface area contributed by atoms with Crippen molar-refractivity contribution >= 4 is 16.8 Å². The van der Waals surface area contributed by atoms with Gasteiger partial charge in [-0.2, -0.15) is 0 Å². The van der Waals surface area contributed by atoms with Gasteiger partial charge >= 0.3 is 12.7 Å². The molecule has 0 aliphatic heterocycles. The second-order valence-corrected chi connectivity index (χ2v) is 5.41. The number of alkyl halides is 6. The average molecular weight is 449 g/mol. The Bertz CT molecular complexity index is 912. The van der Waals surface area contributed by atoms with Crippen LogP contribution in [0.25, 0.3) is 0 Å². The molecule has 0 bridgehead atoms. The van der Waals surface area contributed by atoms with Gasteiger partial charge in [-0.25, -0.2) is 4.39 Å². The highest BCUT2D eigenvalue weighted by atomic mass is 35.5. The van der Waals surface area contributed by atoms with E-state index in [0.717, 1.165) is 25.3 Å². The number of carbonyl (C=O) groups excluding carboxylic acids is 1. The number of halogens is 8. The third kappa shape index (κ3) is 6.31. The predicted octanol–water partition coefficient (Wildman–Crippen LogP) is 5.80. The van der Waals surface area contributed by atoms with E-state index in [1.165, 1.54) is 0 Å². The van der Waals surface area contributed by atoms with Gasteiger partial charge in [0.1, 0.15) is 28.6 Å². The first-order valence-electron chi connectivity index (χ1n) is 7.20. The lowest BCUT2D eigenvalue weighted by Crippen LogP contribution is -2.17. The van der Waals surface area contributed by atoms with Crippen molar-refractivity contribution in [2.45, 2.75) is 12.7 Å². The molecule has 0 atom stereocenters. The molecule has 2 aromatic rings. The van der Waals surface area contributed by atoms with E-state index in [1.54, 1.807) is 0 Å². The van der Waals surface area contributed by atoms with Crippen molar-refractivity contribution in [2.24, 2.45) is 0 Å². The number of carbonyl (C=O) groups is 1. The second-order valence-electron chi connectivity index (χ2n) is 5.06. The van der Waals surface area contributed by atoms with Crippen molar-refractivity contribution in [3.8, 4) is 28.7 Å². The highest BCUT2D eigenvalue weighted by Gasteiger charge is 2.33. The first kappa shape index (κ1) is 22.4. The quantitative estimate of drug-likeness (QED) is 0.413. The molecule has 2 aromatic carbocycles. The molecule has 2 rings (SSSR count). The topological polar surface area (TPSA) is 54.0 Å². The van der Waals surface area contributed by atoms with E-state index < -0.39 is 46.6 Å². The Labute approximate surface area is 162 Å². The van der Waals surface area contributed by atoms with Crippen molar-refractivity contribution in [2.75, 3.05) is 7.11 Å². The third-order valence-electron chi connectivity index (χ3n) is 3.05. The van der Waals surface area contributed by atoms with Gasteiger partial charge in [0.25, 0.3) is 5.24 Å². The van der Waals surface area contributed by atoms with Crippen LogP contribution in [0.2, 0.25) is 0 Å². The molecule has 0 saturated carbocycles. The maximum absolute atomic E-state index is 14.1. The van der Waals surface area contributed by atoms with Gasteiger partial charge in [0.05, 0.1) is 7.11 Å². The summed E-state index contributed by atoms with van der Waals surface area (Å²) in [6, 6.07) is 3.20. The van der Waals surface area contributed by atoms with Gasteiger partial charge in [-0.05, 0) is 23.7 Å². The van der Waals surface area contributed by atoms with Gasteiger partial charge in [0, 0.05) is 18.2 Å². The van der Waals surface area contributed by atoms with Crippen LogP contribution in [0.5, 0.6) is 28.7 Å². The van der Waals surface area contributed by atoms with E-state index in [0.29, 0.717) is 6.07 Å². The first-order chi connectivity index (χ1) is 13.3. The minimum Gasteiger partial charge on any atom is -0.493 e. The Kier molecular flexibility index (Phi) is 6.36. The lowest BCUT2D eigenvalue weighted by Gasteiger charge is -2.16. The average Bonchev–Trinajstić information content (AvgIpc) is 2.52. The lowest BCUT2D eigenvalue weighted by atomic mass is 10.2. The molecule has 5 nitrogen and oxygen atoms in total. The molecule has 0 radical (unpaired) electrons. The summed E-state index contributed by atoms with van der Waals surface area (Å²) in [4.78, 5) is 11.4. The highest BCUT2D eigenvalue weighted by molar-refractivity contribution is 6.68. The number of rotatable bonds is 6. The van der Waals surface area contributed by atoms with E-state index in [2.05, 4.69) is 9.47 Å². The summed E-state index contributed by atoms with van der Waals surface area (Å²) in [6.07, 6.45) is -10.2. The highest BCUT2D eigenvalue weighted by Crippen LogP contribution is 2.40. The smallest absolute Gasteiger partial charge is 0.493 e. The van der Waals surface area contributed by atoms with Gasteiger partial charge < -0.3 is 18.9 Å². The molecule has 0 heterocycles. The van der Waals surface area contributed by atoms with E-state index in [4.69, 9.17) is 21.1 Å². The summed E-state index contributed by atoms with van der Waals surface area (Å²) < 4.78 is 105. The fraction of sp³-hybridized carbons (Fsp3) is 0.188. The summed E-state index contributed by atoms with van der Waals surface area (Å²) in [6.45, 7) is 0. The van der Waals surface area contributed by atoms with Crippen molar-refractivity contribution in [1.82, 2.24) is 0 Å². The summed E-state index contributed by atoms with van der Waals surface area (Å²) in [5, 5.41) is -1.41. The fourth-order valence-corrected chi connectivity index (χ4v) is 2.25. The Morgan fingerprint density at radius 3 is 1.93 bits per heavy atom. The number of ether oxygens (including phenoxy) is 4. The van der Waals surface area contributed by atoms with Crippen LogP contribution >= 0.6 is 11.6 Å². The van der Waals surface area contributed by atoms with E-state index in [-0.39, 0.29) is 17.6 Å². The minimum absolute atomic E-state index is 0.257. The largest absolute Gasteiger partial charge is 0.573 e. The van der Waals surface area contributed by atoms with Gasteiger partial charge in [-0.3, -0.25) is 4.79 Å². The van der Waals surface area contributed by atoms with E-state index in [9.17, 15) is 35.5 Å². The summed E-state index contributed by atoms with van der Waals surface area (Å²) in [5.41, 5.74) is -0.932. The Balaban J connectivity index is 2.47. The van der Waals surface area contributed by atoms with Crippen LogP contribution in [0.1, 0.15) is 10.4 Å². The molecule has 0 amide bonds. The van der Waals surface area contributed by atoms with Crippen LogP contribution in [0.3, 0.4) is 0 Å². The van der Waals surface area contributed by atoms with Crippen LogP contribution in [0.15, 0.2) is 30.3 Å². The Morgan fingerprint density at radius 2 is 1.41 bits per heavy atom. The zero-order valence-electron chi connectivity index (χ0n) is 14.0. The van der Waals surface area contributed by atoms with Gasteiger partial charge in [0.15, 0.2) is 11.5 Å². The maximum Gasteiger partial charge on any atom is 0.573 e. The molecule has 0 aromatic heterocycles. The number of hydrogen-bond acceptors (Lipinski definition) is 5. The molecule has 0 saturated heterocycles. The predicted molar refractivity (Wildman–Crippen MR) is 83.0 cm³/mol. The zero-order chi connectivity index (χ0) is 22.0. The molecule has 0 spiro atoms. The SMILES string of the molecule is COc1cc(OC(F)(F)F)ccc1Oc1cc(OC(F)(F)F)cc(F)c1C(=O)Cl. The van der Waals surface area contributed by atoms with Crippen LogP contribution in [-0.2, 0) is 0 Å². The Hall–Kier alpha value is -2.89. The van der Waals surface area contributed by atoms with Crippen LogP contribution in [0, 0.1) is 5.82 Å². The first-order valence-corrected chi connectivity index (χ1v) is 7.57. The maximum atomic E-state index is 14.1. The van der Waals surface area contributed by atoms with Gasteiger partial charge in [0.2, 0.25) is 0 Å². The molecule has 0 aliphatic carbocycles. The fourth-order valence-electron chi connectivity index (χ4n) is 2.07. The van der Waals surface area contributed by atoms with Crippen LogP contribution in [-0.4, -0.2) is 25.1 Å². The number of benzene rings is 2. The summed E-state index contributed by atoms with van der Waals surface area (Å²) in [7, 11) is 1.04. The Morgan fingerprint density at radius 1 is 0.862 bits per heavy atom. The zero-order valence-corrected chi connectivity index (χ0v) is 14.7. The molecule has 0 N–H and O–H groups in total. The van der Waals surface area contributed by atoms with Gasteiger partial charge in [-0.15, -0.1) is 26.3 Å². The van der Waals surface area contributed by atoms with E-state index >= 15 is 0 Å². The molecule has 158 valence electrons. The summed E-state index contributed by atoms with van der Waals surface area (Å²) in [5.74, 6) is -4.81. The monoisotopic (exact) mass is 448 g/mol. The summed E-state index contributed by atoms with van der Waals surface area (Å²) >= 11 is 5.24. The van der Waals surface area contributed by atoms with Crippen molar-refractivity contribution < 1.29 is 54.5 Å². The normalized spacial score (nSPS) is 11.8. The van der Waals surface area contributed by atoms with Crippen molar-refractivity contribution in [3.05, 3.63) is 41.7 Å². The molecular weight excluding hydrogens is 441 g/mol. The number of methoxy groups -OCH3 is 1. The standard InChI is InChI=1S/C16H8ClF7O5/c1-26-11-5-7(28-15(19,20)21)2-3-10(11)27-12-6-8(29-16(22,23)24)4-9(18)13(12)14(17)25/h2-6H,1H3. The second kappa shape index (κ2) is 8.23. The molecule has 29 heavy (non-hydrogen) atoms. The number of hydrogen-bond donors (Lipinski definition) is 0. The molecule has 13 heteroatoms. The minimum atomic E-state index is -5.18. The molecular formula is C16H8ClF7O5. The molecule has 0 unspecified atom stereocenters. The third-order valence-corrected chi connectivity index (χ3v) is 3.24. The van der Waals surface area contributed by atoms with E-state index in [1.807, 2.05) is 0 Å². The lowest BCUT2D eigenvalue weighted by molar-refractivity contribution is -0.275. The van der Waals surface area contributed by atoms with Crippen LogP contribution < -0.4 is 18.9 Å². The van der Waals surface area contributed by atoms with Gasteiger partial charge in [-0.1, -0.05) is 0 Å². The van der Waals surface area contributed by atoms with Crippen molar-refractivity contribution in [3.63, 3.8) is 0 Å². The van der Waals surface area contributed by atoms with Crippen LogP contribution in [0.4, 0.5) is 30.7 Å². The van der Waals surface area contributed by atoms with Crippen molar-refractivity contribution in [1.29, 1.82) is 0 Å².